The Kier molecular flexibility index (Phi) is 4.74. The predicted molar refractivity (Wildman–Crippen MR) is 124 cm³/mol. The number of rotatable bonds is 4. The summed E-state index contributed by atoms with van der Waals surface area (Å²) in [6, 6.07) is 16.6. The fourth-order valence-electron chi connectivity index (χ4n) is 3.69. The van der Waals surface area contributed by atoms with Gasteiger partial charge in [-0.05, 0) is 38.1 Å². The van der Waals surface area contributed by atoms with Gasteiger partial charge < -0.3 is 10.3 Å². The van der Waals surface area contributed by atoms with E-state index in [-0.39, 0.29) is 17.5 Å². The first-order valence-corrected chi connectivity index (χ1v) is 10.2. The van der Waals surface area contributed by atoms with Crippen LogP contribution in [-0.2, 0) is 0 Å². The highest BCUT2D eigenvalue weighted by Gasteiger charge is 2.19. The van der Waals surface area contributed by atoms with Crippen LogP contribution < -0.4 is 10.9 Å². The quantitative estimate of drug-likeness (QED) is 0.450. The molecule has 0 aliphatic rings. The van der Waals surface area contributed by atoms with Crippen molar-refractivity contribution in [3.8, 4) is 11.3 Å². The number of benzene rings is 2. The van der Waals surface area contributed by atoms with Gasteiger partial charge in [0.25, 0.3) is 11.5 Å². The molecule has 0 aliphatic heterocycles. The summed E-state index contributed by atoms with van der Waals surface area (Å²) in [7, 11) is 0. The fourth-order valence-corrected chi connectivity index (χ4v) is 3.69. The number of anilines is 1. The molecular weight excluding hydrogens is 404 g/mol. The molecule has 0 radical (unpaired) electrons. The second-order valence-corrected chi connectivity index (χ2v) is 7.76. The van der Waals surface area contributed by atoms with Crippen LogP contribution in [0.25, 0.3) is 33.2 Å². The average Bonchev–Trinajstić information content (AvgIpc) is 3.24. The number of hydrogen-bond donors (Lipinski definition) is 2. The molecular formula is C24H20N6O2. The van der Waals surface area contributed by atoms with E-state index in [4.69, 9.17) is 4.98 Å². The Hall–Kier alpha value is -4.33. The number of aromatic amines is 1. The SMILES string of the molecule is CC(C)n1ncc2c(C(=O)Nc3ccc4nc[nH]c(=O)c4c3)cc(-c3ccccc3)nc21. The van der Waals surface area contributed by atoms with Gasteiger partial charge in [0, 0.05) is 17.3 Å². The number of carbonyl (C=O) groups is 1. The maximum Gasteiger partial charge on any atom is 0.258 e. The minimum absolute atomic E-state index is 0.0849. The smallest absolute Gasteiger partial charge is 0.258 e. The van der Waals surface area contributed by atoms with E-state index >= 15 is 0 Å². The first kappa shape index (κ1) is 19.6. The molecule has 32 heavy (non-hydrogen) atoms. The number of aromatic nitrogens is 5. The zero-order chi connectivity index (χ0) is 22.2. The lowest BCUT2D eigenvalue weighted by Gasteiger charge is -2.11. The minimum atomic E-state index is -0.308. The lowest BCUT2D eigenvalue weighted by molar-refractivity contribution is 0.102. The van der Waals surface area contributed by atoms with E-state index in [2.05, 4.69) is 20.4 Å². The molecule has 8 nitrogen and oxygen atoms in total. The molecule has 0 aliphatic carbocycles. The van der Waals surface area contributed by atoms with E-state index in [1.807, 2.05) is 44.2 Å². The van der Waals surface area contributed by atoms with Gasteiger partial charge in [-0.15, -0.1) is 0 Å². The molecule has 8 heteroatoms. The second-order valence-electron chi connectivity index (χ2n) is 7.76. The van der Waals surface area contributed by atoms with Gasteiger partial charge >= 0.3 is 0 Å². The van der Waals surface area contributed by atoms with E-state index in [1.54, 1.807) is 35.1 Å². The van der Waals surface area contributed by atoms with Gasteiger partial charge in [-0.1, -0.05) is 30.3 Å². The van der Waals surface area contributed by atoms with E-state index in [9.17, 15) is 9.59 Å². The molecule has 5 rings (SSSR count). The first-order valence-electron chi connectivity index (χ1n) is 10.2. The Morgan fingerprint density at radius 1 is 1.06 bits per heavy atom. The monoisotopic (exact) mass is 424 g/mol. The Morgan fingerprint density at radius 2 is 1.88 bits per heavy atom. The topological polar surface area (TPSA) is 106 Å². The van der Waals surface area contributed by atoms with E-state index < -0.39 is 0 Å². The lowest BCUT2D eigenvalue weighted by atomic mass is 10.1. The highest BCUT2D eigenvalue weighted by Crippen LogP contribution is 2.27. The van der Waals surface area contributed by atoms with Gasteiger partial charge in [-0.2, -0.15) is 5.10 Å². The number of carbonyl (C=O) groups excluding carboxylic acids is 1. The van der Waals surface area contributed by atoms with Gasteiger partial charge in [0.15, 0.2) is 5.65 Å². The van der Waals surface area contributed by atoms with Crippen LogP contribution in [0, 0.1) is 0 Å². The number of nitrogens with zero attached hydrogens (tertiary/aromatic N) is 4. The average molecular weight is 424 g/mol. The number of H-pyrrole nitrogens is 1. The normalized spacial score (nSPS) is 11.3. The Morgan fingerprint density at radius 3 is 2.66 bits per heavy atom. The summed E-state index contributed by atoms with van der Waals surface area (Å²) in [6.07, 6.45) is 3.02. The van der Waals surface area contributed by atoms with Crippen LogP contribution in [0.15, 0.2) is 71.9 Å². The lowest BCUT2D eigenvalue weighted by Crippen LogP contribution is -2.14. The van der Waals surface area contributed by atoms with Crippen LogP contribution in [0.1, 0.15) is 30.2 Å². The molecule has 2 N–H and O–H groups in total. The maximum atomic E-state index is 13.3. The third kappa shape index (κ3) is 3.41. The van der Waals surface area contributed by atoms with Crippen LogP contribution in [-0.4, -0.2) is 30.6 Å². The van der Waals surface area contributed by atoms with Crippen molar-refractivity contribution in [3.05, 3.63) is 83.0 Å². The van der Waals surface area contributed by atoms with Gasteiger partial charge in [0.2, 0.25) is 0 Å². The minimum Gasteiger partial charge on any atom is -0.322 e. The number of amides is 1. The number of hydrogen-bond acceptors (Lipinski definition) is 5. The summed E-state index contributed by atoms with van der Waals surface area (Å²) >= 11 is 0. The van der Waals surface area contributed by atoms with Crippen molar-refractivity contribution in [1.82, 2.24) is 24.7 Å². The van der Waals surface area contributed by atoms with Gasteiger partial charge in [-0.25, -0.2) is 14.6 Å². The molecule has 0 fully saturated rings. The molecule has 0 unspecified atom stereocenters. The molecule has 3 heterocycles. The summed E-state index contributed by atoms with van der Waals surface area (Å²) in [5, 5.41) is 8.42. The molecule has 3 aromatic heterocycles. The summed E-state index contributed by atoms with van der Waals surface area (Å²) in [4.78, 5) is 36.9. The van der Waals surface area contributed by atoms with Crippen LogP contribution in [0.3, 0.4) is 0 Å². The third-order valence-corrected chi connectivity index (χ3v) is 5.27. The van der Waals surface area contributed by atoms with Crippen LogP contribution in [0.5, 0.6) is 0 Å². The van der Waals surface area contributed by atoms with E-state index in [0.29, 0.717) is 38.9 Å². The maximum absolute atomic E-state index is 13.3. The number of fused-ring (bicyclic) bond motifs is 2. The van der Waals surface area contributed by atoms with Crippen molar-refractivity contribution < 1.29 is 4.79 Å². The molecule has 2 aromatic carbocycles. The fraction of sp³-hybridized carbons (Fsp3) is 0.125. The summed E-state index contributed by atoms with van der Waals surface area (Å²) in [6.45, 7) is 4.04. The second kappa shape index (κ2) is 7.73. The standard InChI is InChI=1S/C24H20N6O2/c1-14(2)30-22-19(12-27-30)17(11-21(29-22)15-6-4-3-5-7-15)24(32)28-16-8-9-20-18(10-16)23(31)26-13-25-20/h3-14H,1-2H3,(H,28,32)(H,25,26,31). The molecule has 0 atom stereocenters. The predicted octanol–water partition coefficient (Wildman–Crippen LogP) is 4.17. The highest BCUT2D eigenvalue weighted by atomic mass is 16.1. The Balaban J connectivity index is 1.62. The van der Waals surface area contributed by atoms with Crippen molar-refractivity contribution in [2.75, 3.05) is 5.32 Å². The molecule has 0 saturated heterocycles. The number of nitrogens with one attached hydrogen (secondary N) is 2. The summed E-state index contributed by atoms with van der Waals surface area (Å²) < 4.78 is 1.81. The van der Waals surface area contributed by atoms with Crippen LogP contribution in [0.4, 0.5) is 5.69 Å². The Bertz CT molecular complexity index is 1520. The van der Waals surface area contributed by atoms with Crippen molar-refractivity contribution in [2.24, 2.45) is 0 Å². The summed E-state index contributed by atoms with van der Waals surface area (Å²) in [5.74, 6) is -0.308. The van der Waals surface area contributed by atoms with Crippen molar-refractivity contribution in [1.29, 1.82) is 0 Å². The highest BCUT2D eigenvalue weighted by molar-refractivity contribution is 6.13. The van der Waals surface area contributed by atoms with Crippen LogP contribution in [0.2, 0.25) is 0 Å². The van der Waals surface area contributed by atoms with E-state index in [1.165, 1.54) is 6.33 Å². The van der Waals surface area contributed by atoms with Gasteiger partial charge in [0.1, 0.15) is 0 Å². The van der Waals surface area contributed by atoms with Crippen LogP contribution >= 0.6 is 0 Å². The summed E-state index contributed by atoms with van der Waals surface area (Å²) in [5.41, 5.74) is 3.49. The van der Waals surface area contributed by atoms with Gasteiger partial charge in [-0.3, -0.25) is 9.59 Å². The zero-order valence-electron chi connectivity index (χ0n) is 17.5. The zero-order valence-corrected chi connectivity index (χ0v) is 17.5. The first-order chi connectivity index (χ1) is 15.5. The molecule has 158 valence electrons. The van der Waals surface area contributed by atoms with Crippen molar-refractivity contribution in [3.63, 3.8) is 0 Å². The molecule has 1 amide bonds. The third-order valence-electron chi connectivity index (χ3n) is 5.27. The molecule has 0 bridgehead atoms. The van der Waals surface area contributed by atoms with Gasteiger partial charge in [0.05, 0.1) is 40.1 Å². The molecule has 0 saturated carbocycles. The molecule has 5 aromatic rings. The van der Waals surface area contributed by atoms with E-state index in [0.717, 1.165) is 5.56 Å². The Labute approximate surface area is 183 Å². The van der Waals surface area contributed by atoms with Crippen molar-refractivity contribution in [2.45, 2.75) is 19.9 Å². The van der Waals surface area contributed by atoms with Crippen molar-refractivity contribution >= 4 is 33.5 Å². The largest absolute Gasteiger partial charge is 0.322 e. The molecule has 0 spiro atoms. The number of pyridine rings is 1.